The zero-order valence-corrected chi connectivity index (χ0v) is 11.4. The monoisotopic (exact) mass is 352 g/mol. The van der Waals surface area contributed by atoms with E-state index in [-0.39, 0.29) is 40.5 Å². The van der Waals surface area contributed by atoms with Crippen LogP contribution in [0.3, 0.4) is 0 Å². The Labute approximate surface area is 152 Å². The summed E-state index contributed by atoms with van der Waals surface area (Å²) >= 11 is 0. The molecule has 0 aromatic heterocycles. The summed E-state index contributed by atoms with van der Waals surface area (Å²) in [6.07, 6.45) is -3.90. The van der Waals surface area contributed by atoms with E-state index in [0.29, 0.717) is 0 Å². The summed E-state index contributed by atoms with van der Waals surface area (Å²) in [5, 5.41) is 35.1. The van der Waals surface area contributed by atoms with Crippen molar-refractivity contribution in [3.63, 3.8) is 0 Å². The van der Waals surface area contributed by atoms with Gasteiger partial charge in [-0.25, -0.2) is 0 Å². The van der Waals surface area contributed by atoms with Crippen LogP contribution in [0.5, 0.6) is 0 Å². The van der Waals surface area contributed by atoms with Crippen molar-refractivity contribution in [2.45, 2.75) is 36.8 Å². The third-order valence-electron chi connectivity index (χ3n) is 2.86. The second-order valence-corrected chi connectivity index (χ2v) is 4.59. The second-order valence-electron chi connectivity index (χ2n) is 4.59. The number of carbonyl (C=O) groups is 4. The number of carboxylic acids is 4. The summed E-state index contributed by atoms with van der Waals surface area (Å²) in [7, 11) is 0. The Morgan fingerprint density at radius 1 is 0.609 bits per heavy atom. The van der Waals surface area contributed by atoms with Gasteiger partial charge < -0.3 is 42.8 Å². The molecule has 0 aromatic rings. The van der Waals surface area contributed by atoms with Crippen molar-refractivity contribution in [2.24, 2.45) is 11.5 Å². The second kappa shape index (κ2) is 11.3. The summed E-state index contributed by atoms with van der Waals surface area (Å²) in [5.41, 5.74) is 6.88. The van der Waals surface area contributed by atoms with Crippen LogP contribution in [0, 0.1) is 0 Å². The summed E-state index contributed by atoms with van der Waals surface area (Å²) in [6.45, 7) is 0. The van der Waals surface area contributed by atoms with E-state index in [1.807, 2.05) is 0 Å². The van der Waals surface area contributed by atoms with Gasteiger partial charge in [0.25, 0.3) is 0 Å². The first kappa shape index (κ1) is 29.7. The molecular formula is C10H21N2NaO10. The van der Waals surface area contributed by atoms with Crippen LogP contribution in [0.15, 0.2) is 0 Å². The Kier molecular flexibility index (Phi) is 14.6. The minimum atomic E-state index is -2.22. The average Bonchev–Trinajstić information content (AvgIpc) is 2.10. The molecule has 0 rings (SSSR count). The van der Waals surface area contributed by atoms with Gasteiger partial charge in [0, 0.05) is 0 Å². The maximum atomic E-state index is 10.8. The van der Waals surface area contributed by atoms with Gasteiger partial charge in [0.2, 0.25) is 0 Å². The summed E-state index contributed by atoms with van der Waals surface area (Å²) in [4.78, 5) is 43.2. The van der Waals surface area contributed by atoms with Gasteiger partial charge in [-0.2, -0.15) is 0 Å². The zero-order chi connectivity index (χ0) is 16.1. The zero-order valence-electron chi connectivity index (χ0n) is 11.4. The Bertz CT molecular complexity index is 369. The van der Waals surface area contributed by atoms with E-state index in [9.17, 15) is 19.2 Å². The van der Waals surface area contributed by atoms with Crippen molar-refractivity contribution in [1.29, 1.82) is 0 Å². The minimum absolute atomic E-state index is 0. The van der Waals surface area contributed by atoms with E-state index in [1.54, 1.807) is 0 Å². The molecular weight excluding hydrogens is 331 g/mol. The predicted molar refractivity (Wildman–Crippen MR) is 77.2 cm³/mol. The molecule has 0 aromatic carbocycles. The quantitative estimate of drug-likeness (QED) is 0.219. The van der Waals surface area contributed by atoms with Crippen LogP contribution in [0.25, 0.3) is 0 Å². The third kappa shape index (κ3) is 9.45. The van der Waals surface area contributed by atoms with Crippen molar-refractivity contribution in [3.8, 4) is 0 Å². The van der Waals surface area contributed by atoms with Crippen LogP contribution in [0.1, 0.15) is 25.7 Å². The summed E-state index contributed by atoms with van der Waals surface area (Å²) in [6, 6.07) is 0. The molecule has 0 aliphatic carbocycles. The van der Waals surface area contributed by atoms with E-state index in [1.165, 1.54) is 0 Å². The van der Waals surface area contributed by atoms with Gasteiger partial charge in [0.15, 0.2) is 0 Å². The molecule has 0 aliphatic rings. The van der Waals surface area contributed by atoms with Crippen LogP contribution in [0.2, 0.25) is 0 Å². The molecule has 13 heteroatoms. The van der Waals surface area contributed by atoms with Crippen molar-refractivity contribution < 1.29 is 50.6 Å². The predicted octanol–water partition coefficient (Wildman–Crippen LogP) is -4.02. The van der Waals surface area contributed by atoms with E-state index in [2.05, 4.69) is 0 Å². The van der Waals surface area contributed by atoms with Crippen molar-refractivity contribution >= 4 is 53.4 Å². The van der Waals surface area contributed by atoms with Gasteiger partial charge >= 0.3 is 53.4 Å². The number of carboxylic acid groups (broad SMARTS) is 4. The van der Waals surface area contributed by atoms with Crippen molar-refractivity contribution in [1.82, 2.24) is 0 Å². The third-order valence-corrected chi connectivity index (χ3v) is 2.86. The molecule has 0 radical (unpaired) electrons. The van der Waals surface area contributed by atoms with Gasteiger partial charge in [0.1, 0.15) is 0 Å². The van der Waals surface area contributed by atoms with E-state index in [4.69, 9.17) is 31.9 Å². The Morgan fingerprint density at radius 2 is 0.739 bits per heavy atom. The van der Waals surface area contributed by atoms with Crippen molar-refractivity contribution in [2.75, 3.05) is 0 Å². The van der Waals surface area contributed by atoms with E-state index < -0.39 is 60.6 Å². The molecule has 0 unspecified atom stereocenters. The molecule has 23 heavy (non-hydrogen) atoms. The maximum absolute atomic E-state index is 10.8. The van der Waals surface area contributed by atoms with Crippen LogP contribution >= 0.6 is 0 Å². The number of rotatable bonds is 9. The summed E-state index contributed by atoms with van der Waals surface area (Å²) < 4.78 is 0. The van der Waals surface area contributed by atoms with E-state index in [0.717, 1.165) is 0 Å². The number of hydrogen-bond donors (Lipinski definition) is 6. The van der Waals surface area contributed by atoms with Gasteiger partial charge in [0.05, 0.1) is 36.8 Å². The van der Waals surface area contributed by atoms with Gasteiger partial charge in [-0.15, -0.1) is 0 Å². The molecule has 12 N–H and O–H groups in total. The Balaban J connectivity index is -0.000000602. The molecule has 12 nitrogen and oxygen atoms in total. The molecule has 0 spiro atoms. The van der Waals surface area contributed by atoms with Gasteiger partial charge in [-0.3, -0.25) is 19.2 Å². The molecule has 0 aliphatic heterocycles. The standard InChI is InChI=1S/C10H16N2O8.Na.2H2O.H/c11-9(1-5(13)14,2-6(15)16)10(12,3-7(17)18)4-8(19)20;;;;/h1-4,11-12H2,(H,13,14)(H,15,16)(H,17,18)(H,19,20);;2*1H2;. The van der Waals surface area contributed by atoms with Crippen LogP contribution in [-0.4, -0.2) is 95.9 Å². The molecule has 0 saturated heterocycles. The van der Waals surface area contributed by atoms with E-state index >= 15 is 0 Å². The molecule has 0 fully saturated rings. The number of hydrogen-bond acceptors (Lipinski definition) is 6. The normalized spacial score (nSPS) is 10.3. The van der Waals surface area contributed by atoms with Crippen LogP contribution in [-0.2, 0) is 19.2 Å². The first-order valence-electron chi connectivity index (χ1n) is 5.37. The van der Waals surface area contributed by atoms with Gasteiger partial charge in [-0.1, -0.05) is 0 Å². The SMILES string of the molecule is NC(CC(=O)O)(CC(=O)O)C(N)(CC(=O)O)CC(=O)O.O.O.[NaH]. The van der Waals surface area contributed by atoms with Gasteiger partial charge in [-0.05, 0) is 0 Å². The first-order chi connectivity index (χ1) is 8.92. The topological polar surface area (TPSA) is 264 Å². The fourth-order valence-electron chi connectivity index (χ4n) is 1.91. The van der Waals surface area contributed by atoms with Crippen LogP contribution in [0.4, 0.5) is 0 Å². The Hall–Kier alpha value is -1.28. The fourth-order valence-corrected chi connectivity index (χ4v) is 1.91. The Morgan fingerprint density at radius 3 is 0.826 bits per heavy atom. The first-order valence-corrected chi connectivity index (χ1v) is 5.37. The number of nitrogens with two attached hydrogens (primary N) is 2. The molecule has 0 amide bonds. The summed E-state index contributed by atoms with van der Waals surface area (Å²) in [5.74, 6) is -6.06. The molecule has 0 saturated carbocycles. The molecule has 0 heterocycles. The molecule has 132 valence electrons. The van der Waals surface area contributed by atoms with Crippen molar-refractivity contribution in [3.05, 3.63) is 0 Å². The molecule has 0 bridgehead atoms. The van der Waals surface area contributed by atoms with Crippen LogP contribution < -0.4 is 11.5 Å². The number of aliphatic carboxylic acids is 4. The average molecular weight is 352 g/mol. The molecule has 0 atom stereocenters. The fraction of sp³-hybridized carbons (Fsp3) is 0.600.